The van der Waals surface area contributed by atoms with E-state index in [1.54, 1.807) is 48.5 Å². The molecule has 0 heterocycles. The standard InChI is InChI=1S/C40H46N4O5/c1-5-6-7-8-9-10-11-12-25-47-38-24-19-35(27-31(38)4)44-42-33-17-22-37(23-18-33)49-40(46)28-39(45)48-36-20-15-32(16-21-36)41-43-34-14-13-29(2)30(3)26-34/h13-24,26-27H,5-12,25,28H2,1-4H3. The summed E-state index contributed by atoms with van der Waals surface area (Å²) in [6.07, 6.45) is 9.59. The van der Waals surface area contributed by atoms with Crippen molar-refractivity contribution in [1.82, 2.24) is 0 Å². The van der Waals surface area contributed by atoms with Crippen LogP contribution < -0.4 is 14.2 Å². The van der Waals surface area contributed by atoms with Crippen molar-refractivity contribution in [3.8, 4) is 17.2 Å². The fraction of sp³-hybridized carbons (Fsp3) is 0.350. The monoisotopic (exact) mass is 662 g/mol. The SMILES string of the molecule is CCCCCCCCCCOc1ccc(N=Nc2ccc(OC(=O)CC(=O)Oc3ccc(N=Nc4ccc(C)c(C)c4)cc3)cc2)cc1C. The van der Waals surface area contributed by atoms with Gasteiger partial charge in [0.25, 0.3) is 0 Å². The van der Waals surface area contributed by atoms with E-state index in [0.717, 1.165) is 29.0 Å². The smallest absolute Gasteiger partial charge is 0.322 e. The highest BCUT2D eigenvalue weighted by atomic mass is 16.6. The number of ether oxygens (including phenoxy) is 3. The molecule has 0 bridgehead atoms. The largest absolute Gasteiger partial charge is 0.493 e. The number of azo groups is 2. The molecular formula is C40H46N4O5. The minimum absolute atomic E-state index is 0.282. The second-order valence-electron chi connectivity index (χ2n) is 12.1. The van der Waals surface area contributed by atoms with Crippen molar-refractivity contribution < 1.29 is 23.8 Å². The van der Waals surface area contributed by atoms with Crippen LogP contribution in [-0.2, 0) is 9.59 Å². The Labute approximate surface area is 289 Å². The first-order valence-corrected chi connectivity index (χ1v) is 17.0. The Balaban J connectivity index is 1.16. The maximum absolute atomic E-state index is 12.3. The first kappa shape index (κ1) is 36.7. The van der Waals surface area contributed by atoms with Gasteiger partial charge in [-0.25, -0.2) is 0 Å². The van der Waals surface area contributed by atoms with E-state index in [9.17, 15) is 9.59 Å². The summed E-state index contributed by atoms with van der Waals surface area (Å²) in [4.78, 5) is 24.7. The van der Waals surface area contributed by atoms with E-state index in [4.69, 9.17) is 14.2 Å². The van der Waals surface area contributed by atoms with E-state index in [1.165, 1.54) is 50.5 Å². The molecule has 9 heteroatoms. The van der Waals surface area contributed by atoms with Gasteiger partial charge in [0.05, 0.1) is 29.4 Å². The van der Waals surface area contributed by atoms with Crippen molar-refractivity contribution in [3.63, 3.8) is 0 Å². The zero-order valence-electron chi connectivity index (χ0n) is 29.0. The summed E-state index contributed by atoms with van der Waals surface area (Å²) < 4.78 is 16.6. The molecule has 0 N–H and O–H groups in total. The summed E-state index contributed by atoms with van der Waals surface area (Å²) in [6, 6.07) is 24.7. The molecule has 0 unspecified atom stereocenters. The predicted molar refractivity (Wildman–Crippen MR) is 192 cm³/mol. The van der Waals surface area contributed by atoms with Crippen molar-refractivity contribution in [1.29, 1.82) is 0 Å². The number of carbonyl (C=O) groups is 2. The lowest BCUT2D eigenvalue weighted by Gasteiger charge is -2.09. The molecule has 49 heavy (non-hydrogen) atoms. The molecule has 0 spiro atoms. The molecule has 0 atom stereocenters. The number of benzene rings is 4. The van der Waals surface area contributed by atoms with Gasteiger partial charge >= 0.3 is 11.9 Å². The predicted octanol–water partition coefficient (Wildman–Crippen LogP) is 11.9. The summed E-state index contributed by atoms with van der Waals surface area (Å²) >= 11 is 0. The molecule has 4 aromatic carbocycles. The van der Waals surface area contributed by atoms with Crippen molar-refractivity contribution in [3.05, 3.63) is 102 Å². The minimum atomic E-state index is -0.738. The molecule has 0 aliphatic heterocycles. The highest BCUT2D eigenvalue weighted by Crippen LogP contribution is 2.27. The number of aryl methyl sites for hydroxylation is 3. The van der Waals surface area contributed by atoms with Gasteiger partial charge in [0.2, 0.25) is 0 Å². The first-order chi connectivity index (χ1) is 23.8. The lowest BCUT2D eigenvalue weighted by atomic mass is 10.1. The van der Waals surface area contributed by atoms with Gasteiger partial charge in [-0.15, -0.1) is 0 Å². The van der Waals surface area contributed by atoms with Crippen LogP contribution >= 0.6 is 0 Å². The molecule has 0 amide bonds. The topological polar surface area (TPSA) is 111 Å². The molecule has 9 nitrogen and oxygen atoms in total. The Hall–Kier alpha value is -5.18. The van der Waals surface area contributed by atoms with Gasteiger partial charge in [0.1, 0.15) is 23.7 Å². The van der Waals surface area contributed by atoms with Crippen LogP contribution in [0.2, 0.25) is 0 Å². The fourth-order valence-corrected chi connectivity index (χ4v) is 4.91. The Morgan fingerprint density at radius 3 is 1.47 bits per heavy atom. The maximum Gasteiger partial charge on any atom is 0.322 e. The van der Waals surface area contributed by atoms with E-state index < -0.39 is 18.4 Å². The Bertz CT molecular complexity index is 1720. The van der Waals surface area contributed by atoms with Gasteiger partial charge in [-0.3, -0.25) is 9.59 Å². The zero-order chi connectivity index (χ0) is 34.8. The van der Waals surface area contributed by atoms with E-state index in [2.05, 4.69) is 27.4 Å². The third kappa shape index (κ3) is 13.1. The molecule has 256 valence electrons. The summed E-state index contributed by atoms with van der Waals surface area (Å²) in [6.45, 7) is 9.02. The zero-order valence-corrected chi connectivity index (χ0v) is 29.0. The minimum Gasteiger partial charge on any atom is -0.493 e. The highest BCUT2D eigenvalue weighted by molar-refractivity contribution is 5.93. The van der Waals surface area contributed by atoms with Crippen LogP contribution in [0.25, 0.3) is 0 Å². The molecule has 0 radical (unpaired) electrons. The summed E-state index contributed by atoms with van der Waals surface area (Å²) in [5.41, 5.74) is 5.98. The van der Waals surface area contributed by atoms with Crippen molar-refractivity contribution >= 4 is 34.7 Å². The van der Waals surface area contributed by atoms with Crippen LogP contribution in [0.3, 0.4) is 0 Å². The second-order valence-corrected chi connectivity index (χ2v) is 12.1. The Morgan fingerprint density at radius 2 is 0.959 bits per heavy atom. The third-order valence-corrected chi connectivity index (χ3v) is 7.89. The number of nitrogens with zero attached hydrogens (tertiary/aromatic N) is 4. The van der Waals surface area contributed by atoms with Gasteiger partial charge < -0.3 is 14.2 Å². The van der Waals surface area contributed by atoms with Gasteiger partial charge in [0, 0.05) is 0 Å². The lowest BCUT2D eigenvalue weighted by Crippen LogP contribution is -2.18. The molecule has 0 aromatic heterocycles. The molecule has 0 aliphatic rings. The molecule has 0 saturated carbocycles. The molecule has 0 saturated heterocycles. The van der Waals surface area contributed by atoms with Crippen LogP contribution in [0, 0.1) is 20.8 Å². The van der Waals surface area contributed by atoms with E-state index >= 15 is 0 Å². The Kier molecular flexibility index (Phi) is 14.7. The summed E-state index contributed by atoms with van der Waals surface area (Å²) in [5.74, 6) is -0.0437. The van der Waals surface area contributed by atoms with E-state index in [-0.39, 0.29) is 11.5 Å². The van der Waals surface area contributed by atoms with Gasteiger partial charge in [-0.1, -0.05) is 57.9 Å². The van der Waals surface area contributed by atoms with Crippen LogP contribution in [-0.4, -0.2) is 18.5 Å². The van der Waals surface area contributed by atoms with Crippen molar-refractivity contribution in [2.45, 2.75) is 85.5 Å². The quantitative estimate of drug-likeness (QED) is 0.0346. The molecule has 0 fully saturated rings. The number of unbranched alkanes of at least 4 members (excludes halogenated alkanes) is 7. The molecular weight excluding hydrogens is 616 g/mol. The molecule has 4 aromatic rings. The van der Waals surface area contributed by atoms with E-state index in [0.29, 0.717) is 23.7 Å². The second kappa shape index (κ2) is 19.6. The van der Waals surface area contributed by atoms with Gasteiger partial charge in [-0.05, 0) is 123 Å². The Morgan fingerprint density at radius 1 is 0.510 bits per heavy atom. The van der Waals surface area contributed by atoms with Gasteiger partial charge in [-0.2, -0.15) is 20.5 Å². The van der Waals surface area contributed by atoms with Crippen LogP contribution in [0.4, 0.5) is 22.7 Å². The van der Waals surface area contributed by atoms with Crippen LogP contribution in [0.15, 0.2) is 105 Å². The number of hydrogen-bond acceptors (Lipinski definition) is 9. The normalized spacial score (nSPS) is 11.3. The van der Waals surface area contributed by atoms with Crippen LogP contribution in [0.5, 0.6) is 17.2 Å². The maximum atomic E-state index is 12.3. The van der Waals surface area contributed by atoms with Crippen molar-refractivity contribution in [2.24, 2.45) is 20.5 Å². The van der Waals surface area contributed by atoms with Crippen LogP contribution in [0.1, 0.15) is 81.4 Å². The summed E-state index contributed by atoms with van der Waals surface area (Å²) in [5, 5.41) is 17.1. The molecule has 4 rings (SSSR count). The third-order valence-electron chi connectivity index (χ3n) is 7.89. The number of carbonyl (C=O) groups excluding carboxylic acids is 2. The summed E-state index contributed by atoms with van der Waals surface area (Å²) in [7, 11) is 0. The highest BCUT2D eigenvalue weighted by Gasteiger charge is 2.14. The average molecular weight is 663 g/mol. The molecule has 0 aliphatic carbocycles. The van der Waals surface area contributed by atoms with E-state index in [1.807, 2.05) is 57.2 Å². The average Bonchev–Trinajstić information content (AvgIpc) is 3.09. The van der Waals surface area contributed by atoms with Gasteiger partial charge in [0.15, 0.2) is 0 Å². The number of esters is 2. The number of hydrogen-bond donors (Lipinski definition) is 0. The van der Waals surface area contributed by atoms with Crippen molar-refractivity contribution in [2.75, 3.05) is 6.61 Å². The first-order valence-electron chi connectivity index (χ1n) is 17.0. The lowest BCUT2D eigenvalue weighted by molar-refractivity contribution is -0.144. The fourth-order valence-electron chi connectivity index (χ4n) is 4.91. The number of rotatable bonds is 18.